The highest BCUT2D eigenvalue weighted by Gasteiger charge is 2.31. The second-order valence-corrected chi connectivity index (χ2v) is 5.32. The van der Waals surface area contributed by atoms with Crippen LogP contribution < -0.4 is 10.6 Å². The summed E-state index contributed by atoms with van der Waals surface area (Å²) >= 11 is 1.58. The van der Waals surface area contributed by atoms with E-state index < -0.39 is 11.7 Å². The zero-order valence-corrected chi connectivity index (χ0v) is 12.2. The highest BCUT2D eigenvalue weighted by molar-refractivity contribution is 7.99. The summed E-state index contributed by atoms with van der Waals surface area (Å²) in [5.41, 5.74) is 0.0488. The number of hydrogen-bond donors (Lipinski definition) is 2. The zero-order valence-electron chi connectivity index (χ0n) is 10.6. The number of halogens is 4. The van der Waals surface area contributed by atoms with E-state index in [1.807, 2.05) is 0 Å². The summed E-state index contributed by atoms with van der Waals surface area (Å²) in [6.07, 6.45) is -4.41. The van der Waals surface area contributed by atoms with Crippen LogP contribution in [0.2, 0.25) is 0 Å². The Hall–Kier alpha value is -0.920. The van der Waals surface area contributed by atoms with Crippen LogP contribution in [0.5, 0.6) is 0 Å². The van der Waals surface area contributed by atoms with E-state index in [2.05, 4.69) is 10.6 Å². The van der Waals surface area contributed by atoms with Crippen LogP contribution in [-0.2, 0) is 11.0 Å². The molecule has 1 unspecified atom stereocenters. The summed E-state index contributed by atoms with van der Waals surface area (Å²) in [7, 11) is 0. The first-order chi connectivity index (χ1) is 8.88. The molecule has 1 aromatic carbocycles. The number of anilines is 1. The van der Waals surface area contributed by atoms with Crippen LogP contribution in [0.4, 0.5) is 18.9 Å². The number of alkyl halides is 3. The number of thioether (sulfide) groups is 1. The molecule has 1 atom stereocenters. The third-order valence-electron chi connectivity index (χ3n) is 2.86. The fourth-order valence-corrected chi connectivity index (χ4v) is 2.66. The highest BCUT2D eigenvalue weighted by Crippen LogP contribution is 2.32. The Morgan fingerprint density at radius 2 is 2.15 bits per heavy atom. The van der Waals surface area contributed by atoms with Crippen LogP contribution in [0.15, 0.2) is 18.2 Å². The molecule has 0 bridgehead atoms. The van der Waals surface area contributed by atoms with Crippen molar-refractivity contribution in [3.8, 4) is 0 Å². The Bertz CT molecular complexity index is 490. The van der Waals surface area contributed by atoms with Crippen molar-refractivity contribution in [2.75, 3.05) is 16.9 Å². The minimum atomic E-state index is -4.41. The van der Waals surface area contributed by atoms with Crippen molar-refractivity contribution in [3.63, 3.8) is 0 Å². The van der Waals surface area contributed by atoms with Gasteiger partial charge >= 0.3 is 6.18 Å². The lowest BCUT2D eigenvalue weighted by atomic mass is 10.1. The molecule has 8 heteroatoms. The maximum atomic E-state index is 12.6. The Morgan fingerprint density at radius 3 is 2.70 bits per heavy atom. The molecule has 0 aliphatic carbocycles. The Morgan fingerprint density at radius 1 is 1.45 bits per heavy atom. The third kappa shape index (κ3) is 4.04. The number of carbonyl (C=O) groups excluding carboxylic acids is 1. The maximum absolute atomic E-state index is 12.6. The average Bonchev–Trinajstić information content (AvgIpc) is 2.84. The second kappa shape index (κ2) is 6.69. The zero-order chi connectivity index (χ0) is 14.0. The number of benzene rings is 1. The van der Waals surface area contributed by atoms with Gasteiger partial charge in [-0.1, -0.05) is 6.07 Å². The predicted molar refractivity (Wildman–Crippen MR) is 76.3 cm³/mol. The van der Waals surface area contributed by atoms with Gasteiger partial charge in [0, 0.05) is 17.3 Å². The van der Waals surface area contributed by atoms with Gasteiger partial charge in [-0.05, 0) is 24.6 Å². The van der Waals surface area contributed by atoms with E-state index in [1.54, 1.807) is 18.7 Å². The van der Waals surface area contributed by atoms with Crippen molar-refractivity contribution in [2.45, 2.75) is 19.1 Å². The molecule has 112 valence electrons. The van der Waals surface area contributed by atoms with Gasteiger partial charge in [0.1, 0.15) is 0 Å². The van der Waals surface area contributed by atoms with Crippen LogP contribution in [0.1, 0.15) is 11.1 Å². The fraction of sp³-hybridized carbons (Fsp3) is 0.417. The number of rotatable bonds is 2. The van der Waals surface area contributed by atoms with Crippen molar-refractivity contribution in [3.05, 3.63) is 29.3 Å². The number of nitrogens with one attached hydrogen (secondary N) is 2. The monoisotopic (exact) mass is 326 g/mol. The maximum Gasteiger partial charge on any atom is 0.416 e. The van der Waals surface area contributed by atoms with Gasteiger partial charge in [-0.3, -0.25) is 10.1 Å². The van der Waals surface area contributed by atoms with E-state index in [9.17, 15) is 18.0 Å². The second-order valence-electron chi connectivity index (χ2n) is 4.29. The fourth-order valence-electron chi connectivity index (χ4n) is 1.72. The van der Waals surface area contributed by atoms with Crippen molar-refractivity contribution in [1.82, 2.24) is 5.32 Å². The minimum absolute atomic E-state index is 0. The summed E-state index contributed by atoms with van der Waals surface area (Å²) < 4.78 is 37.8. The molecule has 1 fully saturated rings. The molecule has 0 radical (unpaired) electrons. The lowest BCUT2D eigenvalue weighted by molar-refractivity contribution is -0.137. The number of hydrogen-bond acceptors (Lipinski definition) is 3. The molecule has 0 saturated carbocycles. The quantitative estimate of drug-likeness (QED) is 0.877. The van der Waals surface area contributed by atoms with Crippen LogP contribution in [0.25, 0.3) is 0 Å². The largest absolute Gasteiger partial charge is 0.416 e. The van der Waals surface area contributed by atoms with E-state index in [4.69, 9.17) is 0 Å². The van der Waals surface area contributed by atoms with Crippen LogP contribution in [-0.4, -0.2) is 23.6 Å². The Kier molecular flexibility index (Phi) is 5.73. The van der Waals surface area contributed by atoms with Crippen LogP contribution in [0, 0.1) is 6.92 Å². The Labute approximate surface area is 125 Å². The molecule has 1 aliphatic heterocycles. The lowest BCUT2D eigenvalue weighted by Crippen LogP contribution is -2.37. The Balaban J connectivity index is 0.00000200. The summed E-state index contributed by atoms with van der Waals surface area (Å²) in [4.78, 5) is 11.9. The molecule has 1 heterocycles. The average molecular weight is 327 g/mol. The summed E-state index contributed by atoms with van der Waals surface area (Å²) in [6, 6.07) is 2.98. The topological polar surface area (TPSA) is 41.1 Å². The molecular formula is C12H14ClF3N2OS. The molecule has 3 nitrogen and oxygen atoms in total. The van der Waals surface area contributed by atoms with Gasteiger partial charge in [0.2, 0.25) is 5.91 Å². The number of carbonyl (C=O) groups is 1. The number of aryl methyl sites for hydroxylation is 1. The lowest BCUT2D eigenvalue weighted by Gasteiger charge is -2.14. The SMILES string of the molecule is Cc1ccc(C(F)(F)F)cc1NC(=O)C1CSCN1.Cl. The van der Waals surface area contributed by atoms with E-state index >= 15 is 0 Å². The van der Waals surface area contributed by atoms with Crippen LogP contribution in [0.3, 0.4) is 0 Å². The smallest absolute Gasteiger partial charge is 0.324 e. The molecule has 2 N–H and O–H groups in total. The molecule has 1 aliphatic rings. The van der Waals surface area contributed by atoms with Crippen molar-refractivity contribution >= 4 is 35.8 Å². The van der Waals surface area contributed by atoms with Crippen molar-refractivity contribution in [2.24, 2.45) is 0 Å². The standard InChI is InChI=1S/C12H13F3N2OS.ClH/c1-7-2-3-8(12(13,14)15)4-9(7)17-11(18)10-5-19-6-16-10;/h2-4,10,16H,5-6H2,1H3,(H,17,18);1H. The van der Waals surface area contributed by atoms with Crippen molar-refractivity contribution < 1.29 is 18.0 Å². The molecule has 2 rings (SSSR count). The van der Waals surface area contributed by atoms with Gasteiger partial charge in [-0.25, -0.2) is 0 Å². The van der Waals surface area contributed by atoms with E-state index in [0.29, 0.717) is 17.2 Å². The molecule has 0 aromatic heterocycles. The minimum Gasteiger partial charge on any atom is -0.324 e. The van der Waals surface area contributed by atoms with E-state index in [-0.39, 0.29) is 30.0 Å². The first-order valence-electron chi connectivity index (χ1n) is 5.68. The van der Waals surface area contributed by atoms with Gasteiger partial charge in [-0.2, -0.15) is 13.2 Å². The third-order valence-corrected chi connectivity index (χ3v) is 3.80. The molecular weight excluding hydrogens is 313 g/mol. The molecule has 1 amide bonds. The first-order valence-corrected chi connectivity index (χ1v) is 6.83. The predicted octanol–water partition coefficient (Wildman–Crippen LogP) is 3.04. The summed E-state index contributed by atoms with van der Waals surface area (Å²) in [5, 5.41) is 5.52. The van der Waals surface area contributed by atoms with Crippen molar-refractivity contribution in [1.29, 1.82) is 0 Å². The van der Waals surface area contributed by atoms with Gasteiger partial charge < -0.3 is 5.32 Å². The van der Waals surface area contributed by atoms with Gasteiger partial charge in [0.05, 0.1) is 11.6 Å². The normalized spacial score (nSPS) is 18.5. The molecule has 0 spiro atoms. The summed E-state index contributed by atoms with van der Waals surface area (Å²) in [6.45, 7) is 1.66. The molecule has 20 heavy (non-hydrogen) atoms. The first kappa shape index (κ1) is 17.1. The van der Waals surface area contributed by atoms with Gasteiger partial charge in [0.15, 0.2) is 0 Å². The number of amides is 1. The van der Waals surface area contributed by atoms with E-state index in [1.165, 1.54) is 6.07 Å². The molecule has 1 saturated heterocycles. The van der Waals surface area contributed by atoms with Gasteiger partial charge in [-0.15, -0.1) is 24.2 Å². The summed E-state index contributed by atoms with van der Waals surface area (Å²) in [5.74, 6) is 1.01. The van der Waals surface area contributed by atoms with Crippen LogP contribution >= 0.6 is 24.2 Å². The van der Waals surface area contributed by atoms with E-state index in [0.717, 1.165) is 12.1 Å². The highest BCUT2D eigenvalue weighted by atomic mass is 35.5. The molecule has 1 aromatic rings. The van der Waals surface area contributed by atoms with Gasteiger partial charge in [0.25, 0.3) is 0 Å².